The Morgan fingerprint density at radius 1 is 0.955 bits per heavy atom. The maximum Gasteiger partial charge on any atom is -0.0202 e. The summed E-state index contributed by atoms with van der Waals surface area (Å²) in [4.78, 5) is 0. The number of rotatable bonds is 12. The molecule has 1 rings (SSSR count). The molecular weight excluding hydrogens is 264 g/mol. The summed E-state index contributed by atoms with van der Waals surface area (Å²) in [6.07, 6.45) is 25.4. The van der Waals surface area contributed by atoms with Gasteiger partial charge in [0.05, 0.1) is 0 Å². The average Bonchev–Trinajstić information content (AvgIpc) is 2.97. The van der Waals surface area contributed by atoms with E-state index in [1.54, 1.807) is 0 Å². The van der Waals surface area contributed by atoms with E-state index in [1.165, 1.54) is 82.6 Å². The molecule has 0 bridgehead atoms. The summed E-state index contributed by atoms with van der Waals surface area (Å²) in [6, 6.07) is 0. The van der Waals surface area contributed by atoms with Crippen LogP contribution in [0.4, 0.5) is 0 Å². The van der Waals surface area contributed by atoms with Crippen LogP contribution in [0, 0.1) is 11.8 Å². The second-order valence-corrected chi connectivity index (χ2v) is 7.02. The smallest absolute Gasteiger partial charge is 0.0202 e. The summed E-state index contributed by atoms with van der Waals surface area (Å²) < 4.78 is 0. The molecule has 0 heteroatoms. The van der Waals surface area contributed by atoms with Crippen molar-refractivity contribution in [1.29, 1.82) is 0 Å². The van der Waals surface area contributed by atoms with Gasteiger partial charge in [-0.15, -0.1) is 0 Å². The van der Waals surface area contributed by atoms with Gasteiger partial charge in [0.1, 0.15) is 0 Å². The fourth-order valence-corrected chi connectivity index (χ4v) is 3.43. The Bertz CT molecular complexity index is 334. The Morgan fingerprint density at radius 2 is 1.77 bits per heavy atom. The molecule has 0 aromatic carbocycles. The average molecular weight is 303 g/mol. The van der Waals surface area contributed by atoms with Crippen LogP contribution < -0.4 is 0 Å². The predicted octanol–water partition coefficient (Wildman–Crippen LogP) is 7.62. The van der Waals surface area contributed by atoms with E-state index >= 15 is 0 Å². The molecule has 0 aromatic rings. The molecule has 126 valence electrons. The second kappa shape index (κ2) is 12.7. The first-order valence-corrected chi connectivity index (χ1v) is 9.76. The monoisotopic (exact) mass is 302 g/mol. The lowest BCUT2D eigenvalue weighted by Gasteiger charge is -2.14. The molecule has 0 N–H and O–H groups in total. The topological polar surface area (TPSA) is 0 Å². The van der Waals surface area contributed by atoms with Crippen LogP contribution in [0.5, 0.6) is 0 Å². The maximum absolute atomic E-state index is 4.20. The predicted molar refractivity (Wildman–Crippen MR) is 101 cm³/mol. The first-order valence-electron chi connectivity index (χ1n) is 9.76. The Hall–Kier alpha value is -0.780. The van der Waals surface area contributed by atoms with Gasteiger partial charge in [-0.3, -0.25) is 0 Å². The van der Waals surface area contributed by atoms with Crippen molar-refractivity contribution in [1.82, 2.24) is 0 Å². The molecule has 1 aliphatic carbocycles. The van der Waals surface area contributed by atoms with E-state index in [2.05, 4.69) is 44.7 Å². The van der Waals surface area contributed by atoms with Crippen LogP contribution in [0.2, 0.25) is 0 Å². The molecule has 0 aliphatic heterocycles. The Morgan fingerprint density at radius 3 is 2.55 bits per heavy atom. The van der Waals surface area contributed by atoms with Crippen LogP contribution in [0.1, 0.15) is 90.9 Å². The van der Waals surface area contributed by atoms with Crippen molar-refractivity contribution in [3.8, 4) is 0 Å². The molecule has 0 aromatic heterocycles. The van der Waals surface area contributed by atoms with Gasteiger partial charge in [0.15, 0.2) is 0 Å². The molecule has 0 radical (unpaired) electrons. The molecule has 1 aliphatic rings. The van der Waals surface area contributed by atoms with Gasteiger partial charge in [-0.25, -0.2) is 0 Å². The molecule has 0 amide bonds. The van der Waals surface area contributed by atoms with E-state index in [0.717, 1.165) is 11.8 Å². The van der Waals surface area contributed by atoms with Crippen LogP contribution in [-0.4, -0.2) is 0 Å². The fourth-order valence-electron chi connectivity index (χ4n) is 3.43. The quantitative estimate of drug-likeness (QED) is 0.257. The van der Waals surface area contributed by atoms with Crippen LogP contribution in [-0.2, 0) is 0 Å². The Balaban J connectivity index is 2.21. The third kappa shape index (κ3) is 8.61. The highest BCUT2D eigenvalue weighted by Gasteiger charge is 2.23. The zero-order valence-electron chi connectivity index (χ0n) is 15.2. The Labute approximate surface area is 139 Å². The van der Waals surface area contributed by atoms with Crippen molar-refractivity contribution in [2.24, 2.45) is 11.8 Å². The third-order valence-corrected chi connectivity index (χ3v) is 4.98. The van der Waals surface area contributed by atoms with Gasteiger partial charge in [-0.1, -0.05) is 76.0 Å². The SMILES string of the molecule is C=C(CCC=C[C@H]1CCC[C@@H]1CC=CCCCC)CCCC. The van der Waals surface area contributed by atoms with Crippen molar-refractivity contribution >= 4 is 0 Å². The molecule has 0 spiro atoms. The minimum absolute atomic E-state index is 0.833. The first kappa shape index (κ1) is 19.3. The lowest BCUT2D eigenvalue weighted by molar-refractivity contribution is 0.463. The van der Waals surface area contributed by atoms with Crippen molar-refractivity contribution in [2.75, 3.05) is 0 Å². The number of unbranched alkanes of at least 4 members (excludes halogenated alkanes) is 3. The molecule has 0 saturated heterocycles. The van der Waals surface area contributed by atoms with Crippen molar-refractivity contribution in [3.05, 3.63) is 36.5 Å². The lowest BCUT2D eigenvalue weighted by Crippen LogP contribution is -2.03. The first-order chi connectivity index (χ1) is 10.8. The van der Waals surface area contributed by atoms with Crippen LogP contribution in [0.25, 0.3) is 0 Å². The summed E-state index contributed by atoms with van der Waals surface area (Å²) in [5.74, 6) is 1.73. The minimum atomic E-state index is 0.833. The summed E-state index contributed by atoms with van der Waals surface area (Å²) in [5, 5.41) is 0. The van der Waals surface area contributed by atoms with E-state index < -0.39 is 0 Å². The molecular formula is C22H38. The molecule has 1 fully saturated rings. The summed E-state index contributed by atoms with van der Waals surface area (Å²) >= 11 is 0. The number of hydrogen-bond acceptors (Lipinski definition) is 0. The third-order valence-electron chi connectivity index (χ3n) is 4.98. The Kier molecular flexibility index (Phi) is 11.2. The summed E-state index contributed by atoms with van der Waals surface area (Å²) in [6.45, 7) is 8.72. The van der Waals surface area contributed by atoms with Crippen LogP contribution in [0.15, 0.2) is 36.5 Å². The maximum atomic E-state index is 4.20. The van der Waals surface area contributed by atoms with Gasteiger partial charge < -0.3 is 0 Å². The summed E-state index contributed by atoms with van der Waals surface area (Å²) in [5.41, 5.74) is 1.44. The molecule has 0 nitrogen and oxygen atoms in total. The highest BCUT2D eigenvalue weighted by Crippen LogP contribution is 2.35. The van der Waals surface area contributed by atoms with Gasteiger partial charge in [-0.05, 0) is 63.2 Å². The lowest BCUT2D eigenvalue weighted by atomic mass is 9.91. The molecule has 0 heterocycles. The second-order valence-electron chi connectivity index (χ2n) is 7.02. The van der Waals surface area contributed by atoms with Gasteiger partial charge in [0, 0.05) is 0 Å². The highest BCUT2D eigenvalue weighted by molar-refractivity contribution is 5.01. The van der Waals surface area contributed by atoms with Gasteiger partial charge in [0.25, 0.3) is 0 Å². The fraction of sp³-hybridized carbons (Fsp3) is 0.727. The van der Waals surface area contributed by atoms with Gasteiger partial charge in [0.2, 0.25) is 0 Å². The van der Waals surface area contributed by atoms with Crippen molar-refractivity contribution < 1.29 is 0 Å². The minimum Gasteiger partial charge on any atom is -0.0999 e. The van der Waals surface area contributed by atoms with Gasteiger partial charge >= 0.3 is 0 Å². The zero-order valence-corrected chi connectivity index (χ0v) is 15.2. The van der Waals surface area contributed by atoms with Gasteiger partial charge in [-0.2, -0.15) is 0 Å². The van der Waals surface area contributed by atoms with E-state index in [9.17, 15) is 0 Å². The van der Waals surface area contributed by atoms with Crippen molar-refractivity contribution in [3.63, 3.8) is 0 Å². The normalized spacial score (nSPS) is 22.1. The number of hydrogen-bond donors (Lipinski definition) is 0. The van der Waals surface area contributed by atoms with Crippen LogP contribution in [0.3, 0.4) is 0 Å². The largest absolute Gasteiger partial charge is 0.0999 e. The van der Waals surface area contributed by atoms with E-state index in [0.29, 0.717) is 0 Å². The zero-order chi connectivity index (χ0) is 16.0. The van der Waals surface area contributed by atoms with E-state index in [4.69, 9.17) is 0 Å². The molecule has 0 unspecified atom stereocenters. The molecule has 1 saturated carbocycles. The van der Waals surface area contributed by atoms with E-state index in [-0.39, 0.29) is 0 Å². The van der Waals surface area contributed by atoms with Crippen LogP contribution >= 0.6 is 0 Å². The standard InChI is InChI=1S/C22H38/c1-4-6-8-9-10-16-21-18-13-19-22(21)17-12-11-15-20(3)14-7-5-2/h9-10,12,17,21-22H,3-8,11,13-16,18-19H2,1-2H3/t21-,22-/m0/s1. The summed E-state index contributed by atoms with van der Waals surface area (Å²) in [7, 11) is 0. The number of allylic oxidation sites excluding steroid dienone is 5. The van der Waals surface area contributed by atoms with Crippen molar-refractivity contribution in [2.45, 2.75) is 90.9 Å². The molecule has 22 heavy (non-hydrogen) atoms. The molecule has 2 atom stereocenters. The highest BCUT2D eigenvalue weighted by atomic mass is 14.3. The van der Waals surface area contributed by atoms with E-state index in [1.807, 2.05) is 0 Å².